The molecule has 0 saturated heterocycles. The first-order chi connectivity index (χ1) is 9.04. The summed E-state index contributed by atoms with van der Waals surface area (Å²) in [6.07, 6.45) is 0. The van der Waals surface area contributed by atoms with E-state index in [9.17, 15) is 4.39 Å². The molecule has 2 rings (SSSR count). The highest BCUT2D eigenvalue weighted by Crippen LogP contribution is 2.27. The Balaban J connectivity index is 2.51. The SMILES string of the molecule is CCNc1nnc(-c2ccc(F)c(C)c2)c(C)c1C. The van der Waals surface area contributed by atoms with Gasteiger partial charge in [-0.25, -0.2) is 4.39 Å². The van der Waals surface area contributed by atoms with Gasteiger partial charge in [-0.2, -0.15) is 0 Å². The van der Waals surface area contributed by atoms with Crippen molar-refractivity contribution in [2.75, 3.05) is 11.9 Å². The molecule has 0 atom stereocenters. The fourth-order valence-electron chi connectivity index (χ4n) is 2.01. The Bertz CT molecular complexity index is 609. The van der Waals surface area contributed by atoms with E-state index in [0.29, 0.717) is 5.56 Å². The van der Waals surface area contributed by atoms with Gasteiger partial charge in [0.15, 0.2) is 5.82 Å². The second-order valence-electron chi connectivity index (χ2n) is 4.64. The van der Waals surface area contributed by atoms with Gasteiger partial charge in [-0.1, -0.05) is 0 Å². The van der Waals surface area contributed by atoms with Gasteiger partial charge in [0.1, 0.15) is 5.82 Å². The van der Waals surface area contributed by atoms with Crippen LogP contribution in [0.5, 0.6) is 0 Å². The average Bonchev–Trinajstić information content (AvgIpc) is 2.39. The van der Waals surface area contributed by atoms with E-state index in [1.807, 2.05) is 20.8 Å². The Kier molecular flexibility index (Phi) is 3.79. The van der Waals surface area contributed by atoms with Crippen LogP contribution in [0.1, 0.15) is 23.6 Å². The zero-order valence-corrected chi connectivity index (χ0v) is 11.7. The first-order valence-corrected chi connectivity index (χ1v) is 6.38. The molecule has 0 amide bonds. The number of nitrogens with one attached hydrogen (secondary N) is 1. The van der Waals surface area contributed by atoms with Crippen LogP contribution in [0.3, 0.4) is 0 Å². The summed E-state index contributed by atoms with van der Waals surface area (Å²) < 4.78 is 13.3. The molecule has 1 aromatic carbocycles. The minimum absolute atomic E-state index is 0.199. The van der Waals surface area contributed by atoms with E-state index in [4.69, 9.17) is 0 Å². The van der Waals surface area contributed by atoms with Crippen molar-refractivity contribution in [3.05, 3.63) is 40.7 Å². The summed E-state index contributed by atoms with van der Waals surface area (Å²) in [4.78, 5) is 0. The average molecular weight is 259 g/mol. The molecule has 0 unspecified atom stereocenters. The topological polar surface area (TPSA) is 37.8 Å². The van der Waals surface area contributed by atoms with Gasteiger partial charge >= 0.3 is 0 Å². The molecule has 0 spiro atoms. The summed E-state index contributed by atoms with van der Waals surface area (Å²) >= 11 is 0. The number of hydrogen-bond donors (Lipinski definition) is 1. The van der Waals surface area contributed by atoms with Crippen LogP contribution in [0.4, 0.5) is 10.2 Å². The van der Waals surface area contributed by atoms with Gasteiger partial charge in [0.2, 0.25) is 0 Å². The van der Waals surface area contributed by atoms with Gasteiger partial charge in [0, 0.05) is 12.1 Å². The zero-order valence-electron chi connectivity index (χ0n) is 11.7. The first-order valence-electron chi connectivity index (χ1n) is 6.38. The van der Waals surface area contributed by atoms with E-state index in [0.717, 1.165) is 34.7 Å². The molecule has 0 aliphatic carbocycles. The van der Waals surface area contributed by atoms with E-state index in [-0.39, 0.29) is 5.82 Å². The zero-order chi connectivity index (χ0) is 14.0. The predicted molar refractivity (Wildman–Crippen MR) is 75.8 cm³/mol. The van der Waals surface area contributed by atoms with E-state index in [2.05, 4.69) is 15.5 Å². The van der Waals surface area contributed by atoms with Crippen molar-refractivity contribution in [2.45, 2.75) is 27.7 Å². The number of hydrogen-bond acceptors (Lipinski definition) is 3. The fraction of sp³-hybridized carbons (Fsp3) is 0.333. The molecule has 4 heteroatoms. The number of nitrogens with zero attached hydrogens (tertiary/aromatic N) is 2. The summed E-state index contributed by atoms with van der Waals surface area (Å²) in [5, 5.41) is 11.6. The lowest BCUT2D eigenvalue weighted by Gasteiger charge is -2.12. The normalized spacial score (nSPS) is 10.6. The lowest BCUT2D eigenvalue weighted by Crippen LogP contribution is -2.06. The third-order valence-electron chi connectivity index (χ3n) is 3.30. The number of anilines is 1. The standard InChI is InChI=1S/C15H18FN3/c1-5-17-15-11(4)10(3)14(18-19-15)12-6-7-13(16)9(2)8-12/h6-8H,5H2,1-4H3,(H,17,19). The van der Waals surface area contributed by atoms with Crippen LogP contribution < -0.4 is 5.32 Å². The molecule has 2 aromatic rings. The van der Waals surface area contributed by atoms with E-state index < -0.39 is 0 Å². The maximum absolute atomic E-state index is 13.3. The van der Waals surface area contributed by atoms with Gasteiger partial charge in [0.25, 0.3) is 0 Å². The Morgan fingerprint density at radius 2 is 1.84 bits per heavy atom. The molecule has 0 aliphatic heterocycles. The van der Waals surface area contributed by atoms with E-state index in [1.54, 1.807) is 19.1 Å². The summed E-state index contributed by atoms with van der Waals surface area (Å²) in [6, 6.07) is 5.02. The van der Waals surface area contributed by atoms with Crippen LogP contribution in [0.2, 0.25) is 0 Å². The minimum Gasteiger partial charge on any atom is -0.369 e. The molecule has 100 valence electrons. The van der Waals surface area contributed by atoms with Crippen LogP contribution in [-0.2, 0) is 0 Å². The highest BCUT2D eigenvalue weighted by atomic mass is 19.1. The molecule has 1 N–H and O–H groups in total. The van der Waals surface area contributed by atoms with Crippen LogP contribution in [0, 0.1) is 26.6 Å². The summed E-state index contributed by atoms with van der Waals surface area (Å²) in [6.45, 7) is 8.61. The smallest absolute Gasteiger partial charge is 0.151 e. The Morgan fingerprint density at radius 3 is 2.47 bits per heavy atom. The van der Waals surface area contributed by atoms with Gasteiger partial charge in [-0.3, -0.25) is 0 Å². The second kappa shape index (κ2) is 5.34. The van der Waals surface area contributed by atoms with Gasteiger partial charge < -0.3 is 5.32 Å². The molecule has 1 heterocycles. The molecule has 0 saturated carbocycles. The van der Waals surface area contributed by atoms with Crippen LogP contribution in [-0.4, -0.2) is 16.7 Å². The number of benzene rings is 1. The number of halogens is 1. The minimum atomic E-state index is -0.199. The number of aryl methyl sites for hydroxylation is 1. The highest BCUT2D eigenvalue weighted by Gasteiger charge is 2.11. The number of rotatable bonds is 3. The molecule has 0 fully saturated rings. The summed E-state index contributed by atoms with van der Waals surface area (Å²) in [5.41, 5.74) is 4.47. The van der Waals surface area contributed by atoms with Crippen LogP contribution >= 0.6 is 0 Å². The molecule has 1 aromatic heterocycles. The van der Waals surface area contributed by atoms with Crippen molar-refractivity contribution in [3.8, 4) is 11.3 Å². The lowest BCUT2D eigenvalue weighted by atomic mass is 10.0. The summed E-state index contributed by atoms with van der Waals surface area (Å²) in [7, 11) is 0. The van der Waals surface area contributed by atoms with Crippen LogP contribution in [0.25, 0.3) is 11.3 Å². The van der Waals surface area contributed by atoms with Crippen LogP contribution in [0.15, 0.2) is 18.2 Å². The lowest BCUT2D eigenvalue weighted by molar-refractivity contribution is 0.618. The predicted octanol–water partition coefficient (Wildman–Crippen LogP) is 3.64. The van der Waals surface area contributed by atoms with Crippen molar-refractivity contribution in [1.29, 1.82) is 0 Å². The molecule has 0 aliphatic rings. The molecule has 3 nitrogen and oxygen atoms in total. The van der Waals surface area contributed by atoms with Crippen molar-refractivity contribution in [1.82, 2.24) is 10.2 Å². The maximum Gasteiger partial charge on any atom is 0.151 e. The molecular weight excluding hydrogens is 241 g/mol. The van der Waals surface area contributed by atoms with Crippen molar-refractivity contribution < 1.29 is 4.39 Å². The molecule has 19 heavy (non-hydrogen) atoms. The third-order valence-corrected chi connectivity index (χ3v) is 3.30. The molecular formula is C15H18FN3. The van der Waals surface area contributed by atoms with Crippen molar-refractivity contribution >= 4 is 5.82 Å². The van der Waals surface area contributed by atoms with E-state index >= 15 is 0 Å². The Labute approximate surface area is 112 Å². The highest BCUT2D eigenvalue weighted by molar-refractivity contribution is 5.67. The monoisotopic (exact) mass is 259 g/mol. The Morgan fingerprint density at radius 1 is 1.11 bits per heavy atom. The Hall–Kier alpha value is -1.97. The summed E-state index contributed by atoms with van der Waals surface area (Å²) in [5.74, 6) is 0.609. The van der Waals surface area contributed by atoms with Gasteiger partial charge in [0.05, 0.1) is 5.69 Å². The first kappa shape index (κ1) is 13.5. The quantitative estimate of drug-likeness (QED) is 0.914. The van der Waals surface area contributed by atoms with Crippen molar-refractivity contribution in [3.63, 3.8) is 0 Å². The van der Waals surface area contributed by atoms with Crippen molar-refractivity contribution in [2.24, 2.45) is 0 Å². The number of aromatic nitrogens is 2. The fourth-order valence-corrected chi connectivity index (χ4v) is 2.01. The third kappa shape index (κ3) is 2.57. The van der Waals surface area contributed by atoms with Gasteiger partial charge in [-0.15, -0.1) is 10.2 Å². The largest absolute Gasteiger partial charge is 0.369 e. The molecule has 0 bridgehead atoms. The second-order valence-corrected chi connectivity index (χ2v) is 4.64. The van der Waals surface area contributed by atoms with Gasteiger partial charge in [-0.05, 0) is 62.6 Å². The van der Waals surface area contributed by atoms with E-state index in [1.165, 1.54) is 6.07 Å². The molecule has 0 radical (unpaired) electrons. The maximum atomic E-state index is 13.3.